The van der Waals surface area contributed by atoms with Gasteiger partial charge < -0.3 is 19.9 Å². The van der Waals surface area contributed by atoms with Crippen LogP contribution in [0.1, 0.15) is 51.4 Å². The highest BCUT2D eigenvalue weighted by molar-refractivity contribution is 6.06. The van der Waals surface area contributed by atoms with Crippen molar-refractivity contribution in [2.45, 2.75) is 81.8 Å². The molecule has 0 aromatic rings. The van der Waals surface area contributed by atoms with Gasteiger partial charge in [-0.15, -0.1) is 0 Å². The van der Waals surface area contributed by atoms with Gasteiger partial charge >= 0.3 is 6.18 Å². The molecule has 8 unspecified atom stereocenters. The van der Waals surface area contributed by atoms with Gasteiger partial charge in [-0.1, -0.05) is 0 Å². The zero-order valence-corrected chi connectivity index (χ0v) is 17.6. The Balaban J connectivity index is 1.44. The molecule has 176 valence electrons. The van der Waals surface area contributed by atoms with Crippen molar-refractivity contribution in [2.75, 3.05) is 19.8 Å². The Hall–Kier alpha value is -1.03. The molecule has 2 aliphatic heterocycles. The minimum absolute atomic E-state index is 0.0236. The summed E-state index contributed by atoms with van der Waals surface area (Å²) in [5, 5.41) is 13.2. The van der Waals surface area contributed by atoms with Crippen LogP contribution < -0.4 is 5.32 Å². The number of fused-ring (bicyclic) bond motifs is 2. The fourth-order valence-corrected chi connectivity index (χ4v) is 5.85. The Morgan fingerprint density at radius 3 is 2.65 bits per heavy atom. The molecule has 4 rings (SSSR count). The Morgan fingerprint density at radius 1 is 1.13 bits per heavy atom. The van der Waals surface area contributed by atoms with Gasteiger partial charge in [0.15, 0.2) is 5.78 Å². The third-order valence-electron chi connectivity index (χ3n) is 7.62. The second-order valence-electron chi connectivity index (χ2n) is 9.62. The molecule has 2 aliphatic carbocycles. The first-order valence-electron chi connectivity index (χ1n) is 11.5. The molecular formula is C22H32F3NO5. The Bertz CT molecular complexity index is 666. The molecule has 0 radical (unpaired) electrons. The zero-order chi connectivity index (χ0) is 22.2. The monoisotopic (exact) mass is 447 g/mol. The number of hydrogen-bond acceptors (Lipinski definition) is 6. The van der Waals surface area contributed by atoms with Crippen LogP contribution in [0.2, 0.25) is 0 Å². The van der Waals surface area contributed by atoms with Crippen LogP contribution in [0.5, 0.6) is 0 Å². The molecule has 0 amide bonds. The van der Waals surface area contributed by atoms with Crippen LogP contribution in [0.25, 0.3) is 0 Å². The van der Waals surface area contributed by atoms with Crippen molar-refractivity contribution in [2.24, 2.45) is 23.7 Å². The number of ketones is 2. The van der Waals surface area contributed by atoms with Crippen LogP contribution in [0, 0.1) is 23.7 Å². The van der Waals surface area contributed by atoms with Gasteiger partial charge in [0.05, 0.1) is 25.4 Å². The molecule has 31 heavy (non-hydrogen) atoms. The number of carbonyl (C=O) groups excluding carboxylic acids is 2. The van der Waals surface area contributed by atoms with E-state index in [2.05, 4.69) is 5.32 Å². The normalized spacial score (nSPS) is 41.4. The molecule has 9 heteroatoms. The van der Waals surface area contributed by atoms with Crippen LogP contribution in [-0.4, -0.2) is 67.0 Å². The summed E-state index contributed by atoms with van der Waals surface area (Å²) in [4.78, 5) is 26.1. The summed E-state index contributed by atoms with van der Waals surface area (Å²) in [6, 6.07) is -2.56. The molecule has 2 bridgehead atoms. The highest BCUT2D eigenvalue weighted by atomic mass is 19.4. The predicted octanol–water partition coefficient (Wildman–Crippen LogP) is 2.42. The van der Waals surface area contributed by atoms with E-state index in [0.29, 0.717) is 25.9 Å². The summed E-state index contributed by atoms with van der Waals surface area (Å²) in [7, 11) is 0. The number of nitrogens with one attached hydrogen (secondary N) is 1. The van der Waals surface area contributed by atoms with E-state index in [1.807, 2.05) is 0 Å². The molecular weight excluding hydrogens is 415 g/mol. The van der Waals surface area contributed by atoms with Crippen molar-refractivity contribution in [3.8, 4) is 0 Å². The van der Waals surface area contributed by atoms with E-state index < -0.39 is 42.0 Å². The van der Waals surface area contributed by atoms with Gasteiger partial charge in [0, 0.05) is 24.5 Å². The fraction of sp³-hybridized carbons (Fsp3) is 0.909. The smallest absolute Gasteiger partial charge is 0.392 e. The van der Waals surface area contributed by atoms with Gasteiger partial charge in [-0.3, -0.25) is 9.59 Å². The minimum Gasteiger partial charge on any atom is -0.392 e. The molecule has 2 saturated heterocycles. The third kappa shape index (κ3) is 4.99. The van der Waals surface area contributed by atoms with E-state index in [-0.39, 0.29) is 49.8 Å². The first-order chi connectivity index (χ1) is 14.8. The largest absolute Gasteiger partial charge is 0.403 e. The molecule has 4 fully saturated rings. The van der Waals surface area contributed by atoms with Gasteiger partial charge in [-0.25, -0.2) is 0 Å². The molecule has 0 aromatic carbocycles. The zero-order valence-electron chi connectivity index (χ0n) is 17.6. The van der Waals surface area contributed by atoms with Gasteiger partial charge in [0.25, 0.3) is 0 Å². The highest BCUT2D eigenvalue weighted by Gasteiger charge is 2.53. The highest BCUT2D eigenvalue weighted by Crippen LogP contribution is 2.44. The van der Waals surface area contributed by atoms with Crippen LogP contribution in [-0.2, 0) is 19.1 Å². The van der Waals surface area contributed by atoms with E-state index in [1.54, 1.807) is 0 Å². The molecule has 0 aromatic heterocycles. The standard InChI is InChI=1S/C22H32F3NO5/c23-22(24,25)17-7-6-15(16(26-17)11-30-10-14-3-1-2-8-31-14)21(29)18-19(27)12-4-5-13(9-12)20(18)28/h12-19,26-27H,1-11H2. The molecule has 0 spiro atoms. The maximum absolute atomic E-state index is 13.3. The first-order valence-corrected chi connectivity index (χ1v) is 11.5. The van der Waals surface area contributed by atoms with E-state index in [9.17, 15) is 27.9 Å². The van der Waals surface area contributed by atoms with E-state index in [1.165, 1.54) is 0 Å². The molecule has 8 atom stereocenters. The number of aliphatic hydroxyl groups is 1. The average Bonchev–Trinajstić information content (AvgIpc) is 3.20. The molecule has 2 saturated carbocycles. The molecule has 4 aliphatic rings. The number of aliphatic hydroxyl groups excluding tert-OH is 1. The van der Waals surface area contributed by atoms with Crippen molar-refractivity contribution in [3.05, 3.63) is 0 Å². The summed E-state index contributed by atoms with van der Waals surface area (Å²) < 4.78 is 51.3. The van der Waals surface area contributed by atoms with Crippen molar-refractivity contribution in [1.82, 2.24) is 5.32 Å². The number of Topliss-reactive ketones (excluding diaryl/α,β-unsaturated/α-hetero) is 2. The number of rotatable bonds is 6. The van der Waals surface area contributed by atoms with Crippen molar-refractivity contribution in [1.29, 1.82) is 0 Å². The minimum atomic E-state index is -4.42. The van der Waals surface area contributed by atoms with Crippen molar-refractivity contribution in [3.63, 3.8) is 0 Å². The summed E-state index contributed by atoms with van der Waals surface area (Å²) in [6.07, 6.45) is -0.876. The number of hydrogen-bond donors (Lipinski definition) is 2. The lowest BCUT2D eigenvalue weighted by molar-refractivity contribution is -0.172. The Morgan fingerprint density at radius 2 is 1.94 bits per heavy atom. The number of ether oxygens (including phenoxy) is 2. The number of alkyl halides is 3. The number of carbonyl (C=O) groups is 2. The lowest BCUT2D eigenvalue weighted by Gasteiger charge is -2.40. The molecule has 2 heterocycles. The van der Waals surface area contributed by atoms with Crippen LogP contribution in [0.4, 0.5) is 13.2 Å². The van der Waals surface area contributed by atoms with Gasteiger partial charge in [0.1, 0.15) is 17.7 Å². The topological polar surface area (TPSA) is 84.9 Å². The van der Waals surface area contributed by atoms with Crippen LogP contribution >= 0.6 is 0 Å². The summed E-state index contributed by atoms with van der Waals surface area (Å²) in [5.74, 6) is -2.85. The molecule has 6 nitrogen and oxygen atoms in total. The Labute approximate surface area is 180 Å². The van der Waals surface area contributed by atoms with Crippen LogP contribution in [0.3, 0.4) is 0 Å². The number of piperidine rings is 1. The van der Waals surface area contributed by atoms with Crippen molar-refractivity contribution >= 4 is 11.6 Å². The van der Waals surface area contributed by atoms with Crippen LogP contribution in [0.15, 0.2) is 0 Å². The predicted molar refractivity (Wildman–Crippen MR) is 104 cm³/mol. The van der Waals surface area contributed by atoms with E-state index in [0.717, 1.165) is 19.3 Å². The van der Waals surface area contributed by atoms with Gasteiger partial charge in [0.2, 0.25) is 0 Å². The second kappa shape index (κ2) is 9.45. The van der Waals surface area contributed by atoms with Crippen molar-refractivity contribution < 1.29 is 37.3 Å². The van der Waals surface area contributed by atoms with E-state index >= 15 is 0 Å². The quantitative estimate of drug-likeness (QED) is 0.609. The second-order valence-corrected chi connectivity index (χ2v) is 9.62. The van der Waals surface area contributed by atoms with E-state index in [4.69, 9.17) is 9.47 Å². The third-order valence-corrected chi connectivity index (χ3v) is 7.62. The average molecular weight is 447 g/mol. The fourth-order valence-electron chi connectivity index (χ4n) is 5.85. The SMILES string of the molecule is O=C1C2CCC(C2)C(O)C1C(=O)C1CCC(C(F)(F)F)NC1COCC1CCCCO1. The number of halogens is 3. The summed E-state index contributed by atoms with van der Waals surface area (Å²) in [5.41, 5.74) is 0. The maximum Gasteiger partial charge on any atom is 0.403 e. The Kier molecular flexibility index (Phi) is 7.05. The maximum atomic E-state index is 13.3. The lowest BCUT2D eigenvalue weighted by atomic mass is 9.70. The summed E-state index contributed by atoms with van der Waals surface area (Å²) in [6.45, 7) is 0.856. The first kappa shape index (κ1) is 23.1. The lowest BCUT2D eigenvalue weighted by Crippen LogP contribution is -2.59. The van der Waals surface area contributed by atoms with Gasteiger partial charge in [-0.05, 0) is 57.3 Å². The summed E-state index contributed by atoms with van der Waals surface area (Å²) >= 11 is 0. The molecule has 2 N–H and O–H groups in total. The van der Waals surface area contributed by atoms with Gasteiger partial charge in [-0.2, -0.15) is 13.2 Å².